The van der Waals surface area contributed by atoms with Crippen LogP contribution in [-0.4, -0.2) is 14.7 Å². The molecule has 0 aliphatic carbocycles. The van der Waals surface area contributed by atoms with Crippen LogP contribution in [0.15, 0.2) is 109 Å². The van der Waals surface area contributed by atoms with Gasteiger partial charge in [0.15, 0.2) is 0 Å². The molecule has 4 aromatic rings. The van der Waals surface area contributed by atoms with Crippen molar-refractivity contribution in [1.29, 1.82) is 0 Å². The van der Waals surface area contributed by atoms with E-state index in [1.165, 1.54) is 0 Å². The van der Waals surface area contributed by atoms with Crippen LogP contribution < -0.4 is 10.0 Å². The monoisotopic (exact) mass is 520 g/mol. The van der Waals surface area contributed by atoms with E-state index in [0.29, 0.717) is 6.07 Å². The van der Waals surface area contributed by atoms with Gasteiger partial charge in [-0.15, -0.1) is 0 Å². The van der Waals surface area contributed by atoms with Crippen LogP contribution in [0.5, 0.6) is 0 Å². The maximum absolute atomic E-state index is 14.2. The molecule has 0 saturated heterocycles. The summed E-state index contributed by atoms with van der Waals surface area (Å²) in [5.74, 6) is -3.14. The zero-order chi connectivity index (χ0) is 26.2. The zero-order valence-electron chi connectivity index (χ0n) is 19.8. The third-order valence-electron chi connectivity index (χ3n) is 6.06. The fraction of sp³-hybridized carbons (Fsp3) is 0.138. The average Bonchev–Trinajstić information content (AvgIpc) is 2.90. The summed E-state index contributed by atoms with van der Waals surface area (Å²) in [5.41, 5.74) is 2.51. The number of nitrogens with one attached hydrogen (secondary N) is 2. The van der Waals surface area contributed by atoms with Gasteiger partial charge in [-0.2, -0.15) is 0 Å². The van der Waals surface area contributed by atoms with Crippen molar-refractivity contribution in [3.8, 4) is 0 Å². The van der Waals surface area contributed by atoms with Gasteiger partial charge in [0, 0.05) is 6.07 Å². The summed E-state index contributed by atoms with van der Waals surface area (Å²) in [5, 5.41) is 3.08. The lowest BCUT2D eigenvalue weighted by Crippen LogP contribution is -2.42. The van der Waals surface area contributed by atoms with Gasteiger partial charge in [-0.3, -0.25) is 9.35 Å². The largest absolute Gasteiger partial charge is 0.345 e. The molecule has 8 heteroatoms. The molecule has 0 aromatic heterocycles. The van der Waals surface area contributed by atoms with Crippen molar-refractivity contribution in [2.24, 2.45) is 5.92 Å². The lowest BCUT2D eigenvalue weighted by molar-refractivity contribution is -0.126. The molecule has 3 N–H and O–H groups in total. The van der Waals surface area contributed by atoms with Crippen LogP contribution in [0.2, 0.25) is 0 Å². The van der Waals surface area contributed by atoms with E-state index in [0.717, 1.165) is 28.8 Å². The second-order valence-electron chi connectivity index (χ2n) is 8.61. The second-order valence-corrected chi connectivity index (χ2v) is 9.34. The molecule has 1 amide bonds. The Bertz CT molecular complexity index is 1280. The molecule has 3 unspecified atom stereocenters. The molecule has 3 atom stereocenters. The Hall–Kier alpha value is -3.72. The van der Waals surface area contributed by atoms with Crippen molar-refractivity contribution in [3.63, 3.8) is 0 Å². The Morgan fingerprint density at radius 1 is 0.757 bits per heavy atom. The number of benzene rings is 4. The average molecular weight is 521 g/mol. The van der Waals surface area contributed by atoms with Gasteiger partial charge in [-0.05, 0) is 40.8 Å². The minimum absolute atomic E-state index is 0.0481. The maximum atomic E-state index is 14.2. The first kappa shape index (κ1) is 26.3. The van der Waals surface area contributed by atoms with E-state index in [9.17, 15) is 22.3 Å². The van der Waals surface area contributed by atoms with Gasteiger partial charge in [0.1, 0.15) is 11.6 Å². The van der Waals surface area contributed by atoms with Crippen LogP contribution in [0.1, 0.15) is 34.3 Å². The summed E-state index contributed by atoms with van der Waals surface area (Å²) in [6.45, 7) is 0. The van der Waals surface area contributed by atoms with E-state index in [1.54, 1.807) is 0 Å². The molecule has 37 heavy (non-hydrogen) atoms. The first-order valence-corrected chi connectivity index (χ1v) is 12.8. The predicted octanol–water partition coefficient (Wildman–Crippen LogP) is 5.50. The third kappa shape index (κ3) is 7.16. The van der Waals surface area contributed by atoms with Gasteiger partial charge in [0.2, 0.25) is 17.2 Å². The molecular weight excluding hydrogens is 494 g/mol. The normalized spacial score (nSPS) is 13.6. The second kappa shape index (κ2) is 12.5. The summed E-state index contributed by atoms with van der Waals surface area (Å²) in [7, 11) is 0. The maximum Gasteiger partial charge on any atom is 0.232 e. The summed E-state index contributed by atoms with van der Waals surface area (Å²) in [4.78, 5) is 14.0. The Labute approximate surface area is 217 Å². The van der Waals surface area contributed by atoms with Crippen LogP contribution in [0.25, 0.3) is 0 Å². The number of hydrogen-bond acceptors (Lipinski definition) is 2. The van der Waals surface area contributed by atoms with Crippen molar-refractivity contribution in [2.75, 3.05) is 0 Å². The highest BCUT2D eigenvalue weighted by atomic mass is 32.2. The number of rotatable bonds is 10. The Balaban J connectivity index is 1.76. The lowest BCUT2D eigenvalue weighted by Gasteiger charge is -2.29. The van der Waals surface area contributed by atoms with Gasteiger partial charge in [-0.25, -0.2) is 17.7 Å². The number of hydrogen-bond donors (Lipinski definition) is 3. The van der Waals surface area contributed by atoms with Gasteiger partial charge in [-0.1, -0.05) is 91.0 Å². The van der Waals surface area contributed by atoms with E-state index in [-0.39, 0.29) is 12.0 Å². The minimum Gasteiger partial charge on any atom is -0.345 e. The van der Waals surface area contributed by atoms with Crippen molar-refractivity contribution >= 4 is 17.2 Å². The number of carbonyl (C=O) groups is 1. The van der Waals surface area contributed by atoms with E-state index >= 15 is 0 Å². The smallest absolute Gasteiger partial charge is 0.232 e. The van der Waals surface area contributed by atoms with Crippen molar-refractivity contribution < 1.29 is 22.3 Å². The molecule has 5 nitrogen and oxygen atoms in total. The molecule has 0 saturated carbocycles. The van der Waals surface area contributed by atoms with Crippen molar-refractivity contribution in [1.82, 2.24) is 10.0 Å². The highest BCUT2D eigenvalue weighted by Gasteiger charge is 2.33. The first-order chi connectivity index (χ1) is 17.9. The predicted molar refractivity (Wildman–Crippen MR) is 140 cm³/mol. The Kier molecular flexibility index (Phi) is 8.90. The molecule has 0 aliphatic rings. The Morgan fingerprint density at radius 3 is 1.73 bits per heavy atom. The summed E-state index contributed by atoms with van der Waals surface area (Å²) in [6.07, 6.45) is 0.149. The summed E-state index contributed by atoms with van der Waals surface area (Å²) >= 11 is -2.56. The molecule has 0 bridgehead atoms. The van der Waals surface area contributed by atoms with Crippen LogP contribution in [-0.2, 0) is 22.5 Å². The fourth-order valence-corrected chi connectivity index (χ4v) is 4.89. The van der Waals surface area contributed by atoms with Crippen LogP contribution in [0, 0.1) is 17.6 Å². The number of halogens is 2. The van der Waals surface area contributed by atoms with Crippen molar-refractivity contribution in [2.45, 2.75) is 18.5 Å². The number of carbonyl (C=O) groups excluding carboxylic acids is 1. The standard InChI is InChI=1S/C29H26F2N2O3S/c30-24-17-23(18-25(31)19-24)28(33-37(35)36)26(16-20-10-4-1-5-11-20)29(34)32-27(21-12-6-2-7-13-21)22-14-8-3-9-15-22/h1-15,17-19,26-28,33H,16H2,(H,32,34)(H,35,36). The summed E-state index contributed by atoms with van der Waals surface area (Å²) in [6, 6.07) is 29.1. The van der Waals surface area contributed by atoms with Crippen molar-refractivity contribution in [3.05, 3.63) is 143 Å². The highest BCUT2D eigenvalue weighted by molar-refractivity contribution is 7.77. The molecule has 0 heterocycles. The van der Waals surface area contributed by atoms with Crippen LogP contribution >= 0.6 is 0 Å². The molecular formula is C29H26F2N2O3S. The van der Waals surface area contributed by atoms with Gasteiger partial charge in [0.25, 0.3) is 0 Å². The van der Waals surface area contributed by atoms with Crippen LogP contribution in [0.4, 0.5) is 8.78 Å². The molecule has 0 spiro atoms. The molecule has 4 rings (SSSR count). The SMILES string of the molecule is O=C(NC(c1ccccc1)c1ccccc1)C(Cc1ccccc1)C(NS(=O)O)c1cc(F)cc(F)c1. The summed E-state index contributed by atoms with van der Waals surface area (Å²) < 4.78 is 52.3. The van der Waals surface area contributed by atoms with E-state index in [4.69, 9.17) is 0 Å². The van der Waals surface area contributed by atoms with E-state index in [1.807, 2.05) is 91.0 Å². The van der Waals surface area contributed by atoms with E-state index < -0.39 is 46.8 Å². The Morgan fingerprint density at radius 2 is 1.24 bits per heavy atom. The topological polar surface area (TPSA) is 78.4 Å². The van der Waals surface area contributed by atoms with Gasteiger partial charge in [0.05, 0.1) is 18.0 Å². The fourth-order valence-electron chi connectivity index (χ4n) is 4.38. The molecule has 4 aromatic carbocycles. The highest BCUT2D eigenvalue weighted by Crippen LogP contribution is 2.30. The van der Waals surface area contributed by atoms with Gasteiger partial charge >= 0.3 is 0 Å². The van der Waals surface area contributed by atoms with Crippen LogP contribution in [0.3, 0.4) is 0 Å². The molecule has 0 fully saturated rings. The molecule has 190 valence electrons. The third-order valence-corrected chi connectivity index (χ3v) is 6.52. The minimum atomic E-state index is -2.56. The number of amides is 1. The first-order valence-electron chi connectivity index (χ1n) is 11.7. The molecule has 0 radical (unpaired) electrons. The van der Waals surface area contributed by atoms with Gasteiger partial charge < -0.3 is 5.32 Å². The lowest BCUT2D eigenvalue weighted by atomic mass is 9.86. The molecule has 0 aliphatic heterocycles. The van der Waals surface area contributed by atoms with E-state index in [2.05, 4.69) is 10.0 Å². The zero-order valence-corrected chi connectivity index (χ0v) is 20.6. The quantitative estimate of drug-likeness (QED) is 0.242.